The van der Waals surface area contributed by atoms with Crippen LogP contribution in [0, 0.1) is 5.41 Å². The topological polar surface area (TPSA) is 86.2 Å². The van der Waals surface area contributed by atoms with Crippen LogP contribution in [0.25, 0.3) is 0 Å². The molecule has 1 fully saturated rings. The minimum absolute atomic E-state index is 0.0361. The number of carbonyl (C=O) groups is 1. The summed E-state index contributed by atoms with van der Waals surface area (Å²) in [5, 5.41) is 16.4. The Balaban J connectivity index is 1.68. The van der Waals surface area contributed by atoms with Gasteiger partial charge in [0.2, 0.25) is 5.91 Å². The highest BCUT2D eigenvalue weighted by Crippen LogP contribution is 2.40. The number of aliphatic imine (C=N–C) groups is 1. The zero-order valence-electron chi connectivity index (χ0n) is 19.8. The third-order valence-electron chi connectivity index (χ3n) is 6.97. The number of aliphatic hydroxyl groups excluding tert-OH is 1. The zero-order valence-corrected chi connectivity index (χ0v) is 20.6. The van der Waals surface area contributed by atoms with Gasteiger partial charge in [-0.3, -0.25) is 4.79 Å². The van der Waals surface area contributed by atoms with E-state index < -0.39 is 5.41 Å². The Labute approximate surface area is 206 Å². The molecule has 182 valence electrons. The van der Waals surface area contributed by atoms with Crippen molar-refractivity contribution in [2.45, 2.75) is 39.2 Å². The predicted octanol–water partition coefficient (Wildman–Crippen LogP) is 4.10. The molecule has 1 atom stereocenters. The summed E-state index contributed by atoms with van der Waals surface area (Å²) in [5.41, 5.74) is 1.05. The summed E-state index contributed by atoms with van der Waals surface area (Å²) in [7, 11) is 0. The van der Waals surface area contributed by atoms with Crippen molar-refractivity contribution in [3.8, 4) is 11.5 Å². The van der Waals surface area contributed by atoms with Gasteiger partial charge in [0.1, 0.15) is 17.3 Å². The highest BCUT2D eigenvalue weighted by atomic mass is 35.5. The molecular weight excluding hydrogens is 452 g/mol. The first-order chi connectivity index (χ1) is 16.5. The van der Waals surface area contributed by atoms with Crippen LogP contribution in [-0.4, -0.2) is 60.6 Å². The lowest BCUT2D eigenvalue weighted by atomic mass is 9.73. The molecule has 0 saturated carbocycles. The summed E-state index contributed by atoms with van der Waals surface area (Å²) in [6.45, 7) is 6.81. The van der Waals surface area contributed by atoms with Gasteiger partial charge in [0.25, 0.3) is 0 Å². The molecule has 2 aliphatic rings. The molecule has 0 bridgehead atoms. The van der Waals surface area contributed by atoms with Gasteiger partial charge in [-0.2, -0.15) is 0 Å². The van der Waals surface area contributed by atoms with Gasteiger partial charge in [0.05, 0.1) is 11.0 Å². The van der Waals surface area contributed by atoms with Gasteiger partial charge in [-0.25, -0.2) is 4.99 Å². The zero-order chi connectivity index (χ0) is 24.1. The van der Waals surface area contributed by atoms with Gasteiger partial charge in [0.15, 0.2) is 5.75 Å². The van der Waals surface area contributed by atoms with Crippen molar-refractivity contribution in [3.05, 3.63) is 53.1 Å². The van der Waals surface area contributed by atoms with E-state index in [1.807, 2.05) is 36.4 Å². The number of amides is 1. The van der Waals surface area contributed by atoms with Crippen molar-refractivity contribution >= 4 is 29.0 Å². The average molecular weight is 485 g/mol. The number of nitrogens with zero attached hydrogens (tertiary/aromatic N) is 2. The smallest absolute Gasteiger partial charge is 0.227 e. The number of halogens is 1. The van der Waals surface area contributed by atoms with E-state index in [1.165, 1.54) is 0 Å². The third kappa shape index (κ3) is 4.78. The fraction of sp³-hybridized carbons (Fsp3) is 0.462. The minimum atomic E-state index is -0.559. The fourth-order valence-corrected chi connectivity index (χ4v) is 5.10. The van der Waals surface area contributed by atoms with Crippen LogP contribution in [0.3, 0.4) is 0 Å². The summed E-state index contributed by atoms with van der Waals surface area (Å²) in [6, 6.07) is 13.3. The van der Waals surface area contributed by atoms with Gasteiger partial charge >= 0.3 is 0 Å². The number of para-hydroxylation sites is 1. The second-order valence-corrected chi connectivity index (χ2v) is 9.23. The molecule has 0 aromatic heterocycles. The predicted molar refractivity (Wildman–Crippen MR) is 135 cm³/mol. The summed E-state index contributed by atoms with van der Waals surface area (Å²) in [4.78, 5) is 20.6. The second-order valence-electron chi connectivity index (χ2n) is 8.79. The minimum Gasteiger partial charge on any atom is -0.454 e. The molecule has 2 aromatic carbocycles. The lowest BCUT2D eigenvalue weighted by molar-refractivity contribution is -0.134. The monoisotopic (exact) mass is 484 g/mol. The van der Waals surface area contributed by atoms with E-state index in [9.17, 15) is 4.79 Å². The maximum absolute atomic E-state index is 13.3. The maximum atomic E-state index is 13.3. The molecule has 2 aliphatic heterocycles. The van der Waals surface area contributed by atoms with Crippen LogP contribution in [0.4, 0.5) is 5.69 Å². The lowest BCUT2D eigenvalue weighted by Crippen LogP contribution is -2.63. The average Bonchev–Trinajstić information content (AvgIpc) is 3.02. The molecule has 0 radical (unpaired) electrons. The molecular formula is C26H33ClN4O3. The Kier molecular flexibility index (Phi) is 7.76. The van der Waals surface area contributed by atoms with Crippen molar-refractivity contribution in [2.75, 3.05) is 32.8 Å². The van der Waals surface area contributed by atoms with Gasteiger partial charge < -0.3 is 25.4 Å². The molecule has 0 spiro atoms. The third-order valence-corrected chi connectivity index (χ3v) is 7.21. The van der Waals surface area contributed by atoms with Crippen molar-refractivity contribution < 1.29 is 14.6 Å². The number of rotatable bonds is 7. The molecule has 34 heavy (non-hydrogen) atoms. The van der Waals surface area contributed by atoms with Crippen LogP contribution >= 0.6 is 11.6 Å². The Morgan fingerprint density at radius 2 is 2.06 bits per heavy atom. The van der Waals surface area contributed by atoms with Crippen molar-refractivity contribution in [1.29, 1.82) is 0 Å². The number of fused-ring (bicyclic) bond motifs is 2. The molecule has 4 rings (SSSR count). The number of amidine groups is 1. The molecule has 0 unspecified atom stereocenters. The van der Waals surface area contributed by atoms with E-state index in [0.29, 0.717) is 48.8 Å². The maximum Gasteiger partial charge on any atom is 0.227 e. The van der Waals surface area contributed by atoms with E-state index >= 15 is 0 Å². The standard InChI is InChI=1S/C26H33ClN4O3/c1-3-26(4-2,25(33)29-12-7-15-32)23-17-31(14-13-28-23)24-19-8-5-6-9-21(19)34-22-11-10-18(27)16-20(22)30-24/h5-6,8-11,16,23,28,32H,3-4,7,12-15,17H2,1-2H3,(H,29,33)/t23-/m1/s1. The van der Waals surface area contributed by atoms with Crippen LogP contribution in [-0.2, 0) is 4.79 Å². The van der Waals surface area contributed by atoms with Crippen LogP contribution in [0.1, 0.15) is 38.7 Å². The quantitative estimate of drug-likeness (QED) is 0.515. The van der Waals surface area contributed by atoms with Crippen LogP contribution in [0.5, 0.6) is 11.5 Å². The molecule has 7 nitrogen and oxygen atoms in total. The molecule has 0 aliphatic carbocycles. The van der Waals surface area contributed by atoms with Gasteiger partial charge in [0, 0.05) is 43.9 Å². The van der Waals surface area contributed by atoms with Crippen molar-refractivity contribution in [2.24, 2.45) is 10.4 Å². The van der Waals surface area contributed by atoms with Crippen LogP contribution in [0.2, 0.25) is 5.02 Å². The van der Waals surface area contributed by atoms with E-state index in [4.69, 9.17) is 26.4 Å². The normalized spacial score (nSPS) is 17.7. The Morgan fingerprint density at radius 3 is 2.82 bits per heavy atom. The molecule has 8 heteroatoms. The molecule has 1 amide bonds. The SMILES string of the molecule is CCC(CC)(C(=O)NCCCO)[C@H]1CN(C2=Nc3cc(Cl)ccc3Oc3ccccc32)CCN1. The summed E-state index contributed by atoms with van der Waals surface area (Å²) >= 11 is 6.27. The highest BCUT2D eigenvalue weighted by Gasteiger charge is 2.45. The number of benzene rings is 2. The van der Waals surface area contributed by atoms with Gasteiger partial charge in [-0.1, -0.05) is 37.6 Å². The van der Waals surface area contributed by atoms with E-state index in [2.05, 4.69) is 29.4 Å². The highest BCUT2D eigenvalue weighted by molar-refractivity contribution is 6.31. The summed E-state index contributed by atoms with van der Waals surface area (Å²) in [5.74, 6) is 2.27. The number of hydrogen-bond donors (Lipinski definition) is 3. The first kappa shape index (κ1) is 24.5. The second kappa shape index (κ2) is 10.8. The molecule has 2 heterocycles. The van der Waals surface area contributed by atoms with E-state index in [0.717, 1.165) is 30.2 Å². The number of hydrogen-bond acceptors (Lipinski definition) is 6. The van der Waals surface area contributed by atoms with E-state index in [-0.39, 0.29) is 18.6 Å². The number of ether oxygens (including phenoxy) is 1. The molecule has 2 aromatic rings. The van der Waals surface area contributed by atoms with Crippen LogP contribution < -0.4 is 15.4 Å². The number of nitrogens with one attached hydrogen (secondary N) is 2. The van der Waals surface area contributed by atoms with Gasteiger partial charge in [-0.15, -0.1) is 0 Å². The lowest BCUT2D eigenvalue weighted by Gasteiger charge is -2.45. The van der Waals surface area contributed by atoms with Crippen LogP contribution in [0.15, 0.2) is 47.5 Å². The summed E-state index contributed by atoms with van der Waals surface area (Å²) < 4.78 is 6.21. The summed E-state index contributed by atoms with van der Waals surface area (Å²) in [6.07, 6.45) is 1.98. The fourth-order valence-electron chi connectivity index (χ4n) is 4.93. The first-order valence-corrected chi connectivity index (χ1v) is 12.4. The molecule has 1 saturated heterocycles. The number of carbonyl (C=O) groups excluding carboxylic acids is 1. The molecule has 3 N–H and O–H groups in total. The van der Waals surface area contributed by atoms with E-state index in [1.54, 1.807) is 6.07 Å². The largest absolute Gasteiger partial charge is 0.454 e. The van der Waals surface area contributed by atoms with Gasteiger partial charge in [-0.05, 0) is 49.6 Å². The first-order valence-electron chi connectivity index (χ1n) is 12.1. The number of aliphatic hydroxyl groups is 1. The van der Waals surface area contributed by atoms with Crippen molar-refractivity contribution in [3.63, 3.8) is 0 Å². The Morgan fingerprint density at radius 1 is 1.26 bits per heavy atom. The Hall–Kier alpha value is -2.61. The van der Waals surface area contributed by atoms with Crippen molar-refractivity contribution in [1.82, 2.24) is 15.5 Å². The Bertz CT molecular complexity index is 1050. The number of piperazine rings is 1.